The normalized spacial score (nSPS) is 16.0. The molecule has 0 amide bonds. The molecule has 1 aromatic rings. The summed E-state index contributed by atoms with van der Waals surface area (Å²) in [6.45, 7) is 11.0. The zero-order valence-electron chi connectivity index (χ0n) is 14.0. The molecule has 0 aliphatic carbocycles. The molecule has 0 aliphatic rings. The van der Waals surface area contributed by atoms with Crippen LogP contribution < -0.4 is 5.73 Å². The molecule has 0 saturated heterocycles. The first-order chi connectivity index (χ1) is 9.96. The van der Waals surface area contributed by atoms with Gasteiger partial charge in [-0.25, -0.2) is 0 Å². The Labute approximate surface area is 139 Å². The van der Waals surface area contributed by atoms with Gasteiger partial charge >= 0.3 is 0 Å². The zero-order chi connectivity index (χ0) is 15.9. The first-order valence-electron chi connectivity index (χ1n) is 8.18. The molecule has 0 saturated carbocycles. The molecule has 0 fully saturated rings. The van der Waals surface area contributed by atoms with Crippen LogP contribution in [0.5, 0.6) is 0 Å². The van der Waals surface area contributed by atoms with Crippen LogP contribution in [0.3, 0.4) is 0 Å². The predicted molar refractivity (Wildman–Crippen MR) is 96.7 cm³/mol. The van der Waals surface area contributed by atoms with Crippen molar-refractivity contribution < 1.29 is 0 Å². The Balaban J connectivity index is 2.93. The average molecular weight is 355 g/mol. The summed E-state index contributed by atoms with van der Waals surface area (Å²) in [5.41, 5.74) is 7.58. The monoisotopic (exact) mass is 354 g/mol. The number of hydrogen-bond acceptors (Lipinski definition) is 2. The van der Waals surface area contributed by atoms with Crippen LogP contribution in [-0.2, 0) is 6.42 Å². The van der Waals surface area contributed by atoms with E-state index in [2.05, 4.69) is 72.8 Å². The van der Waals surface area contributed by atoms with E-state index in [1.165, 1.54) is 24.8 Å². The van der Waals surface area contributed by atoms with E-state index in [0.29, 0.717) is 12.6 Å². The summed E-state index contributed by atoms with van der Waals surface area (Å²) in [6, 6.07) is 9.21. The maximum Gasteiger partial charge on any atom is 0.0346 e. The van der Waals surface area contributed by atoms with Crippen molar-refractivity contribution in [2.75, 3.05) is 13.1 Å². The van der Waals surface area contributed by atoms with E-state index in [4.69, 9.17) is 5.73 Å². The van der Waals surface area contributed by atoms with Gasteiger partial charge in [-0.05, 0) is 57.4 Å². The van der Waals surface area contributed by atoms with Gasteiger partial charge < -0.3 is 5.73 Å². The molecule has 3 heteroatoms. The van der Waals surface area contributed by atoms with Gasteiger partial charge in [-0.1, -0.05) is 48.3 Å². The lowest BCUT2D eigenvalue weighted by Crippen LogP contribution is -2.56. The molecule has 0 aromatic heterocycles. The highest BCUT2D eigenvalue weighted by molar-refractivity contribution is 9.10. The van der Waals surface area contributed by atoms with Crippen molar-refractivity contribution in [1.82, 2.24) is 4.90 Å². The minimum atomic E-state index is 0.0262. The standard InChI is InChI=1S/C18H31BrN2/c1-5-7-12-21(15(3)6-2)18(4,14-20)13-16-8-10-17(19)11-9-16/h8-11,15H,5-7,12-14,20H2,1-4H3. The molecule has 0 bridgehead atoms. The molecule has 2 N–H and O–H groups in total. The number of unbranched alkanes of at least 4 members (excludes halogenated alkanes) is 1. The van der Waals surface area contributed by atoms with Gasteiger partial charge in [0.25, 0.3) is 0 Å². The van der Waals surface area contributed by atoms with Gasteiger partial charge in [0.2, 0.25) is 0 Å². The summed E-state index contributed by atoms with van der Waals surface area (Å²) >= 11 is 3.50. The Hall–Kier alpha value is -0.380. The Morgan fingerprint density at radius 3 is 2.33 bits per heavy atom. The van der Waals surface area contributed by atoms with Crippen molar-refractivity contribution in [2.24, 2.45) is 5.73 Å². The molecule has 0 spiro atoms. The first-order valence-corrected chi connectivity index (χ1v) is 8.97. The third-order valence-electron chi connectivity index (χ3n) is 4.51. The molecule has 0 aliphatic heterocycles. The minimum absolute atomic E-state index is 0.0262. The average Bonchev–Trinajstić information content (AvgIpc) is 2.49. The highest BCUT2D eigenvalue weighted by Crippen LogP contribution is 2.25. The number of rotatable bonds is 9. The van der Waals surface area contributed by atoms with Crippen molar-refractivity contribution in [3.63, 3.8) is 0 Å². The van der Waals surface area contributed by atoms with E-state index >= 15 is 0 Å². The fourth-order valence-corrected chi connectivity index (χ4v) is 3.17. The maximum atomic E-state index is 6.20. The Kier molecular flexibility index (Phi) is 7.93. The van der Waals surface area contributed by atoms with Crippen LogP contribution >= 0.6 is 15.9 Å². The number of halogens is 1. The van der Waals surface area contributed by atoms with E-state index in [1.54, 1.807) is 0 Å². The maximum absolute atomic E-state index is 6.20. The van der Waals surface area contributed by atoms with E-state index in [9.17, 15) is 0 Å². The number of nitrogens with two attached hydrogens (primary N) is 1. The largest absolute Gasteiger partial charge is 0.329 e. The van der Waals surface area contributed by atoms with Gasteiger partial charge in [0, 0.05) is 22.6 Å². The minimum Gasteiger partial charge on any atom is -0.329 e. The SMILES string of the molecule is CCCCN(C(C)CC)C(C)(CN)Cc1ccc(Br)cc1. The fourth-order valence-electron chi connectivity index (χ4n) is 2.90. The molecule has 21 heavy (non-hydrogen) atoms. The number of nitrogens with zero attached hydrogens (tertiary/aromatic N) is 1. The number of benzene rings is 1. The Morgan fingerprint density at radius 1 is 1.24 bits per heavy atom. The Bertz CT molecular complexity index is 404. The molecular weight excluding hydrogens is 324 g/mol. The van der Waals surface area contributed by atoms with Gasteiger partial charge in [0.15, 0.2) is 0 Å². The lowest BCUT2D eigenvalue weighted by Gasteiger charge is -2.44. The molecule has 120 valence electrons. The van der Waals surface area contributed by atoms with Crippen LogP contribution in [0.15, 0.2) is 28.7 Å². The summed E-state index contributed by atoms with van der Waals surface area (Å²) in [5.74, 6) is 0. The van der Waals surface area contributed by atoms with Crippen LogP contribution in [0, 0.1) is 0 Å². The van der Waals surface area contributed by atoms with Crippen LogP contribution in [0.1, 0.15) is 52.5 Å². The van der Waals surface area contributed by atoms with Gasteiger partial charge in [0.05, 0.1) is 0 Å². The fraction of sp³-hybridized carbons (Fsp3) is 0.667. The van der Waals surface area contributed by atoms with Gasteiger partial charge in [-0.3, -0.25) is 4.90 Å². The lowest BCUT2D eigenvalue weighted by atomic mass is 9.89. The summed E-state index contributed by atoms with van der Waals surface area (Å²) < 4.78 is 1.13. The second-order valence-corrected chi connectivity index (χ2v) is 7.22. The molecule has 1 aromatic carbocycles. The third-order valence-corrected chi connectivity index (χ3v) is 5.04. The second-order valence-electron chi connectivity index (χ2n) is 6.31. The van der Waals surface area contributed by atoms with Crippen molar-refractivity contribution in [1.29, 1.82) is 0 Å². The van der Waals surface area contributed by atoms with E-state index in [1.807, 2.05) is 0 Å². The second kappa shape index (κ2) is 8.92. The van der Waals surface area contributed by atoms with E-state index < -0.39 is 0 Å². The molecular formula is C18H31BrN2. The van der Waals surface area contributed by atoms with Gasteiger partial charge in [-0.15, -0.1) is 0 Å². The van der Waals surface area contributed by atoms with Crippen LogP contribution in [0.25, 0.3) is 0 Å². The molecule has 2 atom stereocenters. The van der Waals surface area contributed by atoms with Crippen molar-refractivity contribution >= 4 is 15.9 Å². The summed E-state index contributed by atoms with van der Waals surface area (Å²) in [5, 5.41) is 0. The van der Waals surface area contributed by atoms with E-state index in [0.717, 1.165) is 17.4 Å². The quantitative estimate of drug-likeness (QED) is 0.701. The first kappa shape index (κ1) is 18.7. The van der Waals surface area contributed by atoms with Crippen LogP contribution in [0.4, 0.5) is 0 Å². The highest BCUT2D eigenvalue weighted by Gasteiger charge is 2.32. The van der Waals surface area contributed by atoms with Crippen molar-refractivity contribution in [3.05, 3.63) is 34.3 Å². The smallest absolute Gasteiger partial charge is 0.0346 e. The number of hydrogen-bond donors (Lipinski definition) is 1. The molecule has 2 unspecified atom stereocenters. The third kappa shape index (κ3) is 5.39. The Morgan fingerprint density at radius 2 is 1.86 bits per heavy atom. The van der Waals surface area contributed by atoms with E-state index in [-0.39, 0.29) is 5.54 Å². The lowest BCUT2D eigenvalue weighted by molar-refractivity contribution is 0.0644. The summed E-state index contributed by atoms with van der Waals surface area (Å²) in [4.78, 5) is 2.62. The van der Waals surface area contributed by atoms with Gasteiger partial charge in [-0.2, -0.15) is 0 Å². The highest BCUT2D eigenvalue weighted by atomic mass is 79.9. The molecule has 2 nitrogen and oxygen atoms in total. The molecule has 1 rings (SSSR count). The molecule has 0 heterocycles. The zero-order valence-corrected chi connectivity index (χ0v) is 15.6. The summed E-state index contributed by atoms with van der Waals surface area (Å²) in [6.07, 6.45) is 4.64. The van der Waals surface area contributed by atoms with Crippen LogP contribution in [-0.4, -0.2) is 29.6 Å². The topological polar surface area (TPSA) is 29.3 Å². The predicted octanol–water partition coefficient (Wildman–Crippen LogP) is 4.61. The van der Waals surface area contributed by atoms with Crippen molar-refractivity contribution in [3.8, 4) is 0 Å². The van der Waals surface area contributed by atoms with Gasteiger partial charge in [0.1, 0.15) is 0 Å². The summed E-state index contributed by atoms with van der Waals surface area (Å²) in [7, 11) is 0. The van der Waals surface area contributed by atoms with Crippen molar-refractivity contribution in [2.45, 2.75) is 65.0 Å². The molecule has 0 radical (unpaired) electrons. The van der Waals surface area contributed by atoms with Crippen LogP contribution in [0.2, 0.25) is 0 Å².